The molecule has 2 aliphatic rings. The van der Waals surface area contributed by atoms with Gasteiger partial charge in [0.2, 0.25) is 10.0 Å². The van der Waals surface area contributed by atoms with Gasteiger partial charge in [0.25, 0.3) is 5.91 Å². The van der Waals surface area contributed by atoms with Crippen LogP contribution < -0.4 is 10.2 Å². The molecule has 2 heterocycles. The molecule has 2 atom stereocenters. The third-order valence-electron chi connectivity index (χ3n) is 5.91. The summed E-state index contributed by atoms with van der Waals surface area (Å²) < 4.78 is 48.6. The number of hydrogen-bond donors (Lipinski definition) is 2. The summed E-state index contributed by atoms with van der Waals surface area (Å²) in [7, 11) is -4.07. The molecular formula is C23H24FN3O5S. The summed E-state index contributed by atoms with van der Waals surface area (Å²) in [6.45, 7) is 1.90. The van der Waals surface area contributed by atoms with Crippen molar-refractivity contribution in [3.63, 3.8) is 0 Å². The topological polar surface area (TPSA) is 109 Å². The number of halogens is 1. The monoisotopic (exact) mass is 473 g/mol. The Kier molecular flexibility index (Phi) is 6.59. The van der Waals surface area contributed by atoms with Gasteiger partial charge in [0.05, 0.1) is 5.25 Å². The quantitative estimate of drug-likeness (QED) is 0.493. The number of carbonyl (C=O) groups excluding carboxylic acids is 1. The van der Waals surface area contributed by atoms with Gasteiger partial charge in [0.1, 0.15) is 23.4 Å². The first-order valence-electron chi connectivity index (χ1n) is 10.6. The van der Waals surface area contributed by atoms with Crippen LogP contribution in [-0.4, -0.2) is 40.6 Å². The maximum absolute atomic E-state index is 14.9. The minimum atomic E-state index is -4.07. The van der Waals surface area contributed by atoms with E-state index in [2.05, 4.69) is 4.98 Å². The molecule has 1 aromatic heterocycles. The van der Waals surface area contributed by atoms with Gasteiger partial charge in [-0.05, 0) is 60.7 Å². The lowest BCUT2D eigenvalue weighted by atomic mass is 9.88. The number of fused-ring (bicyclic) bond motifs is 1. The normalized spacial score (nSPS) is 20.6. The number of carbonyl (C=O) groups is 1. The second-order valence-electron chi connectivity index (χ2n) is 7.76. The molecule has 2 aromatic rings. The fraction of sp³-hybridized carbons (Fsp3) is 0.304. The number of hydrogen-bond acceptors (Lipinski definition) is 6. The van der Waals surface area contributed by atoms with Crippen molar-refractivity contribution >= 4 is 15.9 Å². The molecule has 0 saturated carbocycles. The predicted octanol–water partition coefficient (Wildman–Crippen LogP) is 2.81. The van der Waals surface area contributed by atoms with Crippen LogP contribution >= 0.6 is 0 Å². The molecule has 1 aromatic carbocycles. The average molecular weight is 474 g/mol. The maximum atomic E-state index is 14.9. The molecule has 1 aliphatic carbocycles. The molecule has 0 fully saturated rings. The van der Waals surface area contributed by atoms with E-state index in [4.69, 9.17) is 4.74 Å². The SMILES string of the molecule is CCc1ccc(F)c2c1CCN(S(=O)(=O)C1C=CC(Oc3ccncc3)=CC1)C2C(=O)NO. The zero-order valence-corrected chi connectivity index (χ0v) is 18.8. The summed E-state index contributed by atoms with van der Waals surface area (Å²) in [6.07, 6.45) is 8.87. The molecule has 1 aliphatic heterocycles. The summed E-state index contributed by atoms with van der Waals surface area (Å²) in [5.74, 6) is -0.622. The fourth-order valence-electron chi connectivity index (χ4n) is 4.29. The third-order valence-corrected chi connectivity index (χ3v) is 8.07. The van der Waals surface area contributed by atoms with E-state index in [1.807, 2.05) is 6.92 Å². The summed E-state index contributed by atoms with van der Waals surface area (Å²) in [5.41, 5.74) is 2.97. The van der Waals surface area contributed by atoms with E-state index >= 15 is 0 Å². The Balaban J connectivity index is 1.62. The van der Waals surface area contributed by atoms with Crippen molar-refractivity contribution in [1.29, 1.82) is 0 Å². The highest BCUT2D eigenvalue weighted by molar-refractivity contribution is 7.89. The Morgan fingerprint density at radius 2 is 2.06 bits per heavy atom. The highest BCUT2D eigenvalue weighted by Gasteiger charge is 2.44. The van der Waals surface area contributed by atoms with E-state index in [9.17, 15) is 22.8 Å². The first kappa shape index (κ1) is 23.1. The average Bonchev–Trinajstić information content (AvgIpc) is 2.84. The third kappa shape index (κ3) is 4.41. The van der Waals surface area contributed by atoms with Crippen molar-refractivity contribution in [2.45, 2.75) is 37.5 Å². The van der Waals surface area contributed by atoms with Gasteiger partial charge in [0, 0.05) is 24.5 Å². The summed E-state index contributed by atoms with van der Waals surface area (Å²) in [6, 6.07) is 4.74. The number of hydroxylamine groups is 1. The van der Waals surface area contributed by atoms with E-state index in [0.29, 0.717) is 23.5 Å². The van der Waals surface area contributed by atoms with E-state index in [1.165, 1.54) is 17.6 Å². The van der Waals surface area contributed by atoms with Crippen LogP contribution in [0.3, 0.4) is 0 Å². The molecular weight excluding hydrogens is 449 g/mol. The Morgan fingerprint density at radius 3 is 2.70 bits per heavy atom. The highest BCUT2D eigenvalue weighted by Crippen LogP contribution is 2.38. The van der Waals surface area contributed by atoms with Gasteiger partial charge in [-0.15, -0.1) is 0 Å². The van der Waals surface area contributed by atoms with Crippen molar-refractivity contribution in [2.24, 2.45) is 0 Å². The molecule has 2 N–H and O–H groups in total. The standard InChI is InChI=1S/C23H24FN3O5S/c1-2-15-3-8-20(24)21-19(15)11-14-27(22(21)23(28)26-29)33(30,31)18-6-4-16(5-7-18)32-17-9-12-25-13-10-17/h3-6,8-10,12-13,18,22,29H,2,7,11,14H2,1H3,(H,26,28). The van der Waals surface area contributed by atoms with Gasteiger partial charge < -0.3 is 4.74 Å². The lowest BCUT2D eigenvalue weighted by Crippen LogP contribution is -2.50. The van der Waals surface area contributed by atoms with Crippen LogP contribution in [0, 0.1) is 5.82 Å². The van der Waals surface area contributed by atoms with Gasteiger partial charge in [-0.1, -0.05) is 19.1 Å². The van der Waals surface area contributed by atoms with Crippen LogP contribution in [-0.2, 0) is 27.7 Å². The molecule has 0 spiro atoms. The number of aromatic nitrogens is 1. The van der Waals surface area contributed by atoms with Crippen LogP contribution in [0.25, 0.3) is 0 Å². The smallest absolute Gasteiger partial charge is 0.266 e. The van der Waals surface area contributed by atoms with Gasteiger partial charge >= 0.3 is 0 Å². The number of pyridine rings is 1. The van der Waals surface area contributed by atoms with Gasteiger partial charge in [-0.3, -0.25) is 15.0 Å². The van der Waals surface area contributed by atoms with Crippen LogP contribution in [0.4, 0.5) is 4.39 Å². The molecule has 2 unspecified atom stereocenters. The Labute approximate surface area is 191 Å². The molecule has 174 valence electrons. The van der Waals surface area contributed by atoms with E-state index < -0.39 is 33.0 Å². The number of rotatable bonds is 6. The molecule has 0 saturated heterocycles. The number of allylic oxidation sites excluding steroid dienone is 2. The van der Waals surface area contributed by atoms with Crippen LogP contribution in [0.1, 0.15) is 36.1 Å². The van der Waals surface area contributed by atoms with Crippen LogP contribution in [0.15, 0.2) is 60.6 Å². The predicted molar refractivity (Wildman–Crippen MR) is 118 cm³/mol. The zero-order valence-electron chi connectivity index (χ0n) is 17.9. The second kappa shape index (κ2) is 9.42. The number of nitrogens with one attached hydrogen (secondary N) is 1. The van der Waals surface area contributed by atoms with Gasteiger partial charge in [0.15, 0.2) is 0 Å². The minimum absolute atomic E-state index is 0.00169. The number of ether oxygens (including phenoxy) is 1. The highest BCUT2D eigenvalue weighted by atomic mass is 32.2. The Bertz CT molecular complexity index is 1210. The van der Waals surface area contributed by atoms with Crippen molar-refractivity contribution in [3.8, 4) is 5.75 Å². The zero-order chi connectivity index (χ0) is 23.6. The van der Waals surface area contributed by atoms with E-state index in [1.54, 1.807) is 42.7 Å². The van der Waals surface area contributed by atoms with Gasteiger partial charge in [-0.25, -0.2) is 18.3 Å². The largest absolute Gasteiger partial charge is 0.458 e. The first-order valence-corrected chi connectivity index (χ1v) is 12.1. The number of sulfonamides is 1. The lowest BCUT2D eigenvalue weighted by molar-refractivity contribution is -0.133. The number of aryl methyl sites for hydroxylation is 1. The number of benzene rings is 1. The van der Waals surface area contributed by atoms with Crippen molar-refractivity contribution < 1.29 is 27.5 Å². The molecule has 10 heteroatoms. The molecule has 0 radical (unpaired) electrons. The van der Waals surface area contributed by atoms with Crippen LogP contribution in [0.5, 0.6) is 5.75 Å². The maximum Gasteiger partial charge on any atom is 0.266 e. The van der Waals surface area contributed by atoms with Gasteiger partial charge in [-0.2, -0.15) is 4.31 Å². The van der Waals surface area contributed by atoms with Crippen molar-refractivity contribution in [2.75, 3.05) is 6.54 Å². The summed E-state index contributed by atoms with van der Waals surface area (Å²) >= 11 is 0. The lowest BCUT2D eigenvalue weighted by Gasteiger charge is -2.37. The number of nitrogens with zero attached hydrogens (tertiary/aromatic N) is 2. The molecule has 0 bridgehead atoms. The molecule has 4 rings (SSSR count). The van der Waals surface area contributed by atoms with Crippen LogP contribution in [0.2, 0.25) is 0 Å². The minimum Gasteiger partial charge on any atom is -0.458 e. The summed E-state index contributed by atoms with van der Waals surface area (Å²) in [4.78, 5) is 16.5. The first-order chi connectivity index (χ1) is 15.9. The molecule has 33 heavy (non-hydrogen) atoms. The summed E-state index contributed by atoms with van der Waals surface area (Å²) in [5, 5.41) is 8.35. The van der Waals surface area contributed by atoms with Crippen molar-refractivity contribution in [3.05, 3.63) is 83.2 Å². The fourth-order valence-corrected chi connectivity index (χ4v) is 6.09. The molecule has 8 nitrogen and oxygen atoms in total. The van der Waals surface area contributed by atoms with E-state index in [-0.39, 0.29) is 24.9 Å². The number of amides is 1. The molecule has 1 amide bonds. The Hall–Kier alpha value is -3.08. The van der Waals surface area contributed by atoms with Crippen molar-refractivity contribution in [1.82, 2.24) is 14.8 Å². The Morgan fingerprint density at radius 1 is 1.30 bits per heavy atom. The van der Waals surface area contributed by atoms with E-state index in [0.717, 1.165) is 9.87 Å². The second-order valence-corrected chi connectivity index (χ2v) is 9.87.